The Bertz CT molecular complexity index is 872. The lowest BCUT2D eigenvalue weighted by Crippen LogP contribution is -2.36. The molecule has 2 aliphatic rings. The number of carbonyl (C=O) groups is 3. The Balaban J connectivity index is 1.64. The molecule has 6 nitrogen and oxygen atoms in total. The number of thioether (sulfide) groups is 1. The van der Waals surface area contributed by atoms with Crippen molar-refractivity contribution in [1.29, 1.82) is 0 Å². The number of alkyl halides is 2. The van der Waals surface area contributed by atoms with Crippen LogP contribution in [0.3, 0.4) is 0 Å². The summed E-state index contributed by atoms with van der Waals surface area (Å²) in [7, 11) is -1.11. The normalized spacial score (nSPS) is 20.5. The van der Waals surface area contributed by atoms with Gasteiger partial charge >= 0.3 is 0 Å². The Hall–Kier alpha value is -1.35. The first-order valence-electron chi connectivity index (χ1n) is 8.53. The van der Waals surface area contributed by atoms with Crippen molar-refractivity contribution in [2.75, 3.05) is 18.1 Å². The fourth-order valence-corrected chi connectivity index (χ4v) is 4.85. The van der Waals surface area contributed by atoms with Crippen LogP contribution in [0, 0.1) is 0 Å². The van der Waals surface area contributed by atoms with E-state index in [1.54, 1.807) is 30.5 Å². The van der Waals surface area contributed by atoms with Crippen LogP contribution in [0.25, 0.3) is 0 Å². The van der Waals surface area contributed by atoms with Gasteiger partial charge in [0, 0.05) is 27.6 Å². The highest BCUT2D eigenvalue weighted by Gasteiger charge is 2.40. The minimum Gasteiger partial charge on any atom is -0.325 e. The van der Waals surface area contributed by atoms with Gasteiger partial charge in [-0.1, -0.05) is 5.57 Å². The molecule has 1 N–H and O–H groups in total. The predicted molar refractivity (Wildman–Crippen MR) is 112 cm³/mol. The van der Waals surface area contributed by atoms with Crippen molar-refractivity contribution in [1.82, 2.24) is 4.90 Å². The molecule has 1 aliphatic carbocycles. The number of carbonyl (C=O) groups excluding carboxylic acids is 3. The van der Waals surface area contributed by atoms with Crippen molar-refractivity contribution >= 4 is 68.5 Å². The fraction of sp³-hybridized carbons (Fsp3) is 0.389. The number of halogens is 2. The van der Waals surface area contributed by atoms with E-state index >= 15 is 0 Å². The molecule has 1 saturated heterocycles. The first-order chi connectivity index (χ1) is 13.2. The van der Waals surface area contributed by atoms with Gasteiger partial charge in [0.1, 0.15) is 10.9 Å². The molecule has 28 heavy (non-hydrogen) atoms. The van der Waals surface area contributed by atoms with Crippen molar-refractivity contribution in [2.45, 2.75) is 34.9 Å². The third-order valence-electron chi connectivity index (χ3n) is 4.53. The maximum atomic E-state index is 12.6. The third-order valence-corrected chi connectivity index (χ3v) is 7.28. The highest BCUT2D eigenvalue weighted by molar-refractivity contribution is 8.18. The van der Waals surface area contributed by atoms with Gasteiger partial charge in [-0.05, 0) is 61.7 Å². The van der Waals surface area contributed by atoms with Crippen molar-refractivity contribution < 1.29 is 18.6 Å². The van der Waals surface area contributed by atoms with E-state index in [4.69, 9.17) is 23.2 Å². The van der Waals surface area contributed by atoms with E-state index in [0.29, 0.717) is 41.2 Å². The molecule has 0 spiro atoms. The minimum atomic E-state index is -1.11. The first kappa shape index (κ1) is 21.4. The van der Waals surface area contributed by atoms with Crippen LogP contribution in [-0.2, 0) is 20.4 Å². The quantitative estimate of drug-likeness (QED) is 0.540. The zero-order valence-electron chi connectivity index (χ0n) is 15.0. The summed E-state index contributed by atoms with van der Waals surface area (Å²) >= 11 is 13.1. The number of nitrogens with one attached hydrogen (secondary N) is 1. The zero-order valence-corrected chi connectivity index (χ0v) is 18.1. The van der Waals surface area contributed by atoms with Crippen LogP contribution in [0.15, 0.2) is 39.6 Å². The lowest BCUT2D eigenvalue weighted by atomic mass is 9.93. The first-order valence-corrected chi connectivity index (χ1v) is 11.7. The number of anilines is 1. The van der Waals surface area contributed by atoms with Crippen LogP contribution in [-0.4, -0.2) is 43.3 Å². The molecule has 1 aliphatic heterocycles. The lowest BCUT2D eigenvalue weighted by Gasteiger charge is -2.26. The van der Waals surface area contributed by atoms with Crippen LogP contribution in [0.5, 0.6) is 0 Å². The van der Waals surface area contributed by atoms with E-state index in [0.717, 1.165) is 22.2 Å². The average molecular weight is 461 g/mol. The molecule has 1 atom stereocenters. The number of allylic oxidation sites excluding steroid dienone is 1. The number of nitrogens with zero attached hydrogens (tertiary/aromatic N) is 1. The third kappa shape index (κ3) is 4.97. The monoisotopic (exact) mass is 460 g/mol. The number of amides is 3. The predicted octanol–water partition coefficient (Wildman–Crippen LogP) is 4.06. The molecule has 0 aromatic heterocycles. The fourth-order valence-electron chi connectivity index (χ4n) is 2.97. The highest BCUT2D eigenvalue weighted by atomic mass is 35.5. The smallest absolute Gasteiger partial charge is 0.294 e. The van der Waals surface area contributed by atoms with E-state index in [9.17, 15) is 18.6 Å². The number of imide groups is 1. The van der Waals surface area contributed by atoms with E-state index in [1.807, 2.05) is 0 Å². The van der Waals surface area contributed by atoms with Gasteiger partial charge in [0.05, 0.1) is 4.91 Å². The standard InChI is InChI=1S/C18H18Cl2N2O4S2/c1-28(26)13-4-2-12(3-5-13)21-14(23)10-22-16(24)15(27-17(22)25)11-6-8-18(19,20)9-7-11/h2-5H,6-10H2,1H3,(H,21,23). The van der Waals surface area contributed by atoms with E-state index < -0.39 is 32.2 Å². The van der Waals surface area contributed by atoms with Crippen LogP contribution >= 0.6 is 35.0 Å². The van der Waals surface area contributed by atoms with Crippen molar-refractivity contribution in [2.24, 2.45) is 0 Å². The van der Waals surface area contributed by atoms with E-state index in [1.165, 1.54) is 0 Å². The van der Waals surface area contributed by atoms with Crippen LogP contribution in [0.4, 0.5) is 10.5 Å². The number of benzene rings is 1. The second-order valence-electron chi connectivity index (χ2n) is 6.57. The van der Waals surface area contributed by atoms with Gasteiger partial charge in [0.15, 0.2) is 0 Å². The van der Waals surface area contributed by atoms with Gasteiger partial charge in [-0.15, -0.1) is 23.2 Å². The van der Waals surface area contributed by atoms with Gasteiger partial charge in [-0.3, -0.25) is 23.5 Å². The summed E-state index contributed by atoms with van der Waals surface area (Å²) < 4.78 is 10.6. The summed E-state index contributed by atoms with van der Waals surface area (Å²) in [6, 6.07) is 6.54. The molecule has 150 valence electrons. The van der Waals surface area contributed by atoms with Crippen LogP contribution < -0.4 is 5.32 Å². The molecule has 3 amide bonds. The average Bonchev–Trinajstić information content (AvgIpc) is 2.90. The maximum absolute atomic E-state index is 12.6. The molecular weight excluding hydrogens is 443 g/mol. The summed E-state index contributed by atoms with van der Waals surface area (Å²) in [6.07, 6.45) is 3.72. The summed E-state index contributed by atoms with van der Waals surface area (Å²) in [4.78, 5) is 39.1. The molecule has 0 bridgehead atoms. The largest absolute Gasteiger partial charge is 0.325 e. The maximum Gasteiger partial charge on any atom is 0.294 e. The van der Waals surface area contributed by atoms with Crippen molar-refractivity contribution in [3.05, 3.63) is 34.7 Å². The number of hydrogen-bond acceptors (Lipinski definition) is 5. The molecule has 1 aromatic rings. The lowest BCUT2D eigenvalue weighted by molar-refractivity contribution is -0.127. The van der Waals surface area contributed by atoms with Gasteiger partial charge in [-0.25, -0.2) is 0 Å². The second-order valence-corrected chi connectivity index (χ2v) is 10.6. The topological polar surface area (TPSA) is 83.6 Å². The molecule has 0 radical (unpaired) electrons. The van der Waals surface area contributed by atoms with Gasteiger partial charge < -0.3 is 5.32 Å². The summed E-state index contributed by atoms with van der Waals surface area (Å²) in [6.45, 7) is -0.363. The van der Waals surface area contributed by atoms with Crippen LogP contribution in [0.2, 0.25) is 0 Å². The Morgan fingerprint density at radius 3 is 2.39 bits per heavy atom. The Labute approximate surface area is 179 Å². The summed E-state index contributed by atoms with van der Waals surface area (Å²) in [5.74, 6) is -0.934. The molecule has 1 saturated carbocycles. The molecule has 2 fully saturated rings. The highest BCUT2D eigenvalue weighted by Crippen LogP contribution is 2.44. The van der Waals surface area contributed by atoms with Gasteiger partial charge in [0.2, 0.25) is 5.91 Å². The minimum absolute atomic E-state index is 0.363. The number of hydrogen-bond donors (Lipinski definition) is 1. The van der Waals surface area contributed by atoms with Crippen molar-refractivity contribution in [3.8, 4) is 0 Å². The molecule has 1 heterocycles. The number of rotatable bonds is 4. The molecule has 10 heteroatoms. The molecule has 1 unspecified atom stereocenters. The molecule has 1 aromatic carbocycles. The Kier molecular flexibility index (Phi) is 6.54. The van der Waals surface area contributed by atoms with E-state index in [2.05, 4.69) is 5.32 Å². The van der Waals surface area contributed by atoms with Gasteiger partial charge in [0.25, 0.3) is 11.1 Å². The second kappa shape index (κ2) is 8.57. The van der Waals surface area contributed by atoms with Gasteiger partial charge in [-0.2, -0.15) is 0 Å². The Morgan fingerprint density at radius 2 is 1.82 bits per heavy atom. The SMILES string of the molecule is CS(=O)c1ccc(NC(=O)CN2C(=O)SC(=C3CCC(Cl)(Cl)CC3)C2=O)cc1. The molecule has 3 rings (SSSR count). The summed E-state index contributed by atoms with van der Waals surface area (Å²) in [5, 5.41) is 2.17. The van der Waals surface area contributed by atoms with E-state index in [-0.39, 0.29) is 6.54 Å². The van der Waals surface area contributed by atoms with Crippen molar-refractivity contribution in [3.63, 3.8) is 0 Å². The summed E-state index contributed by atoms with van der Waals surface area (Å²) in [5.41, 5.74) is 1.36. The zero-order chi connectivity index (χ0) is 20.5. The van der Waals surface area contributed by atoms with Crippen LogP contribution in [0.1, 0.15) is 25.7 Å². The Morgan fingerprint density at radius 1 is 1.21 bits per heavy atom. The molecular formula is C18H18Cl2N2O4S2.